The molecule has 0 atom stereocenters. The molecule has 0 aromatic heterocycles. The minimum absolute atomic E-state index is 0.0395. The molecule has 6 nitrogen and oxygen atoms in total. The van der Waals surface area contributed by atoms with Crippen LogP contribution in [0.3, 0.4) is 0 Å². The average molecular weight is 280 g/mol. The van der Waals surface area contributed by atoms with Gasteiger partial charge in [0.25, 0.3) is 0 Å². The molecule has 0 unspecified atom stereocenters. The highest BCUT2D eigenvalue weighted by molar-refractivity contribution is 5.91. The summed E-state index contributed by atoms with van der Waals surface area (Å²) in [7, 11) is 0. The second-order valence-corrected chi connectivity index (χ2v) is 4.03. The van der Waals surface area contributed by atoms with Crippen molar-refractivity contribution in [1.29, 1.82) is 0 Å². The number of nitrogens with two attached hydrogens (primary N) is 1. The summed E-state index contributed by atoms with van der Waals surface area (Å²) in [6.07, 6.45) is 0.145. The number of nitrogen functional groups attached to an aromatic ring is 1. The van der Waals surface area contributed by atoms with Crippen LogP contribution in [0.5, 0.6) is 5.75 Å². The summed E-state index contributed by atoms with van der Waals surface area (Å²) < 4.78 is 10.3. The maximum atomic E-state index is 11.8. The van der Waals surface area contributed by atoms with Gasteiger partial charge in [0.05, 0.1) is 24.3 Å². The Balaban J connectivity index is 2.51. The smallest absolute Gasteiger partial charge is 0.338 e. The number of anilines is 1. The van der Waals surface area contributed by atoms with Crippen molar-refractivity contribution < 1.29 is 19.1 Å². The number of carbonyl (C=O) groups excluding carboxylic acids is 2. The Labute approximate surface area is 118 Å². The summed E-state index contributed by atoms with van der Waals surface area (Å²) in [4.78, 5) is 22.9. The Morgan fingerprint density at radius 3 is 2.65 bits per heavy atom. The number of hydrogen-bond donors (Lipinski definition) is 2. The predicted octanol–water partition coefficient (Wildman–Crippen LogP) is 1.35. The molecule has 3 N–H and O–H groups in total. The quantitative estimate of drug-likeness (QED) is 0.581. The maximum Gasteiger partial charge on any atom is 0.338 e. The van der Waals surface area contributed by atoms with Gasteiger partial charge in [0.1, 0.15) is 12.4 Å². The first-order valence-electron chi connectivity index (χ1n) is 6.54. The van der Waals surface area contributed by atoms with Gasteiger partial charge in [-0.1, -0.05) is 0 Å². The van der Waals surface area contributed by atoms with E-state index in [-0.39, 0.29) is 18.9 Å². The first-order chi connectivity index (χ1) is 9.58. The van der Waals surface area contributed by atoms with Crippen LogP contribution in [0, 0.1) is 0 Å². The normalized spacial score (nSPS) is 9.90. The van der Waals surface area contributed by atoms with Crippen LogP contribution >= 0.6 is 0 Å². The molecule has 1 aromatic carbocycles. The molecule has 0 radical (unpaired) electrons. The van der Waals surface area contributed by atoms with Crippen molar-refractivity contribution in [3.05, 3.63) is 23.8 Å². The van der Waals surface area contributed by atoms with Crippen LogP contribution in [0.2, 0.25) is 0 Å². The highest BCUT2D eigenvalue weighted by atomic mass is 16.5. The Bertz CT molecular complexity index is 474. The highest BCUT2D eigenvalue weighted by Crippen LogP contribution is 2.22. The number of rotatable bonds is 7. The van der Waals surface area contributed by atoms with E-state index in [2.05, 4.69) is 5.32 Å². The van der Waals surface area contributed by atoms with E-state index in [1.807, 2.05) is 13.8 Å². The van der Waals surface area contributed by atoms with E-state index < -0.39 is 5.97 Å². The lowest BCUT2D eigenvalue weighted by molar-refractivity contribution is -0.121. The number of carbonyl (C=O) groups is 2. The van der Waals surface area contributed by atoms with Gasteiger partial charge in [0.2, 0.25) is 5.91 Å². The summed E-state index contributed by atoms with van der Waals surface area (Å²) in [6.45, 7) is 4.77. The van der Waals surface area contributed by atoms with Crippen LogP contribution in [0.15, 0.2) is 18.2 Å². The molecule has 0 bridgehead atoms. The SMILES string of the molecule is CCNC(=O)CCOC(=O)c1ccc(OCC)c(N)c1. The van der Waals surface area contributed by atoms with Crippen molar-refractivity contribution in [2.45, 2.75) is 20.3 Å². The Kier molecular flexibility index (Phi) is 6.36. The lowest BCUT2D eigenvalue weighted by Crippen LogP contribution is -2.24. The Morgan fingerprint density at radius 1 is 1.30 bits per heavy atom. The van der Waals surface area contributed by atoms with E-state index >= 15 is 0 Å². The second-order valence-electron chi connectivity index (χ2n) is 4.03. The molecule has 0 aliphatic heterocycles. The van der Waals surface area contributed by atoms with E-state index in [1.54, 1.807) is 12.1 Å². The fourth-order valence-corrected chi connectivity index (χ4v) is 1.57. The van der Waals surface area contributed by atoms with E-state index in [0.717, 1.165) is 0 Å². The van der Waals surface area contributed by atoms with E-state index in [1.165, 1.54) is 6.07 Å². The predicted molar refractivity (Wildman–Crippen MR) is 75.6 cm³/mol. The summed E-state index contributed by atoms with van der Waals surface area (Å²) in [5, 5.41) is 2.62. The van der Waals surface area contributed by atoms with Crippen molar-refractivity contribution >= 4 is 17.6 Å². The molecule has 0 fully saturated rings. The molecule has 0 saturated heterocycles. The molecule has 0 aliphatic carbocycles. The molecular weight excluding hydrogens is 260 g/mol. The molecule has 6 heteroatoms. The molecule has 1 amide bonds. The zero-order valence-electron chi connectivity index (χ0n) is 11.8. The maximum absolute atomic E-state index is 11.8. The van der Waals surface area contributed by atoms with Crippen molar-refractivity contribution in [2.24, 2.45) is 0 Å². The van der Waals surface area contributed by atoms with Crippen molar-refractivity contribution in [1.82, 2.24) is 5.32 Å². The Morgan fingerprint density at radius 2 is 2.05 bits per heavy atom. The fraction of sp³-hybridized carbons (Fsp3) is 0.429. The third-order valence-corrected chi connectivity index (χ3v) is 2.48. The number of benzene rings is 1. The van der Waals surface area contributed by atoms with Crippen LogP contribution in [0.4, 0.5) is 5.69 Å². The van der Waals surface area contributed by atoms with Gasteiger partial charge in [-0.2, -0.15) is 0 Å². The standard InChI is InChI=1S/C14H20N2O4/c1-3-16-13(17)7-8-20-14(18)10-5-6-12(19-4-2)11(15)9-10/h5-6,9H,3-4,7-8,15H2,1-2H3,(H,16,17). The molecule has 20 heavy (non-hydrogen) atoms. The van der Waals surface area contributed by atoms with Crippen molar-refractivity contribution in [2.75, 3.05) is 25.5 Å². The fourth-order valence-electron chi connectivity index (χ4n) is 1.57. The second kappa shape index (κ2) is 8.04. The topological polar surface area (TPSA) is 90.6 Å². The zero-order chi connectivity index (χ0) is 15.0. The number of amides is 1. The van der Waals surface area contributed by atoms with Gasteiger partial charge in [-0.25, -0.2) is 4.79 Å². The first-order valence-corrected chi connectivity index (χ1v) is 6.54. The number of hydrogen-bond acceptors (Lipinski definition) is 5. The minimum Gasteiger partial charge on any atom is -0.492 e. The van der Waals surface area contributed by atoms with Crippen LogP contribution in [0.1, 0.15) is 30.6 Å². The lowest BCUT2D eigenvalue weighted by atomic mass is 10.2. The summed E-state index contributed by atoms with van der Waals surface area (Å²) >= 11 is 0. The minimum atomic E-state index is -0.510. The largest absolute Gasteiger partial charge is 0.492 e. The molecule has 1 aromatic rings. The summed E-state index contributed by atoms with van der Waals surface area (Å²) in [5.41, 5.74) is 6.48. The Hall–Kier alpha value is -2.24. The third-order valence-electron chi connectivity index (χ3n) is 2.48. The molecule has 0 aliphatic rings. The summed E-state index contributed by atoms with van der Waals surface area (Å²) in [6, 6.07) is 4.70. The molecule has 0 spiro atoms. The van der Waals surface area contributed by atoms with E-state index in [0.29, 0.717) is 30.2 Å². The molecule has 0 saturated carbocycles. The van der Waals surface area contributed by atoms with Gasteiger partial charge in [-0.3, -0.25) is 4.79 Å². The van der Waals surface area contributed by atoms with Gasteiger partial charge in [-0.05, 0) is 32.0 Å². The van der Waals surface area contributed by atoms with E-state index in [4.69, 9.17) is 15.2 Å². The van der Waals surface area contributed by atoms with Gasteiger partial charge in [0.15, 0.2) is 0 Å². The summed E-state index contributed by atoms with van der Waals surface area (Å²) in [5.74, 6) is -0.123. The van der Waals surface area contributed by atoms with Crippen LogP contribution in [-0.2, 0) is 9.53 Å². The van der Waals surface area contributed by atoms with Crippen LogP contribution in [-0.4, -0.2) is 31.6 Å². The van der Waals surface area contributed by atoms with Crippen molar-refractivity contribution in [3.63, 3.8) is 0 Å². The van der Waals surface area contributed by atoms with E-state index in [9.17, 15) is 9.59 Å². The number of ether oxygens (including phenoxy) is 2. The molecular formula is C14H20N2O4. The lowest BCUT2D eigenvalue weighted by Gasteiger charge is -2.09. The first kappa shape index (κ1) is 15.8. The number of nitrogens with one attached hydrogen (secondary N) is 1. The molecule has 0 heterocycles. The van der Waals surface area contributed by atoms with Gasteiger partial charge < -0.3 is 20.5 Å². The molecule has 1 rings (SSSR count). The van der Waals surface area contributed by atoms with Crippen LogP contribution < -0.4 is 15.8 Å². The van der Waals surface area contributed by atoms with Crippen LogP contribution in [0.25, 0.3) is 0 Å². The monoisotopic (exact) mass is 280 g/mol. The highest BCUT2D eigenvalue weighted by Gasteiger charge is 2.11. The zero-order valence-corrected chi connectivity index (χ0v) is 11.8. The third kappa shape index (κ3) is 4.79. The molecule has 110 valence electrons. The van der Waals surface area contributed by atoms with Crippen molar-refractivity contribution in [3.8, 4) is 5.75 Å². The average Bonchev–Trinajstić information content (AvgIpc) is 2.41. The van der Waals surface area contributed by atoms with Gasteiger partial charge in [0, 0.05) is 6.54 Å². The van der Waals surface area contributed by atoms with Gasteiger partial charge >= 0.3 is 5.97 Å². The van der Waals surface area contributed by atoms with Gasteiger partial charge in [-0.15, -0.1) is 0 Å². The number of esters is 1.